The summed E-state index contributed by atoms with van der Waals surface area (Å²) in [7, 11) is 0. The standard InChI is InChI=1S/C13H22N2O3/c1-10(2)4-7-14-12(18)15-8-5-13(3,6-9-15)11(16)17/h4H,5-9H2,1-3H3,(H,14,18)(H,16,17). The molecular weight excluding hydrogens is 232 g/mol. The number of hydrogen-bond acceptors (Lipinski definition) is 2. The third-order valence-electron chi connectivity index (χ3n) is 3.43. The Labute approximate surface area is 108 Å². The SMILES string of the molecule is CC(C)=CCNC(=O)N1CCC(C)(C(=O)O)CC1. The van der Waals surface area contributed by atoms with Crippen molar-refractivity contribution in [1.82, 2.24) is 10.2 Å². The van der Waals surface area contributed by atoms with Crippen LogP contribution >= 0.6 is 0 Å². The Morgan fingerprint density at radius 2 is 1.89 bits per heavy atom. The van der Waals surface area contributed by atoms with Gasteiger partial charge in [0.15, 0.2) is 0 Å². The molecule has 1 fully saturated rings. The Morgan fingerprint density at radius 1 is 1.33 bits per heavy atom. The number of rotatable bonds is 3. The average Bonchev–Trinajstić information content (AvgIpc) is 2.29. The Kier molecular flexibility index (Phi) is 4.76. The van der Waals surface area contributed by atoms with Gasteiger partial charge < -0.3 is 15.3 Å². The molecule has 0 aromatic carbocycles. The van der Waals surface area contributed by atoms with Crippen molar-refractivity contribution in [2.24, 2.45) is 5.41 Å². The van der Waals surface area contributed by atoms with Crippen LogP contribution in [0.3, 0.4) is 0 Å². The van der Waals surface area contributed by atoms with Crippen LogP contribution in [0.2, 0.25) is 0 Å². The van der Waals surface area contributed by atoms with Gasteiger partial charge >= 0.3 is 12.0 Å². The molecule has 0 spiro atoms. The summed E-state index contributed by atoms with van der Waals surface area (Å²) in [5, 5.41) is 11.9. The van der Waals surface area contributed by atoms with Crippen LogP contribution in [-0.2, 0) is 4.79 Å². The maximum Gasteiger partial charge on any atom is 0.317 e. The Morgan fingerprint density at radius 3 is 2.33 bits per heavy atom. The van der Waals surface area contributed by atoms with Gasteiger partial charge in [-0.2, -0.15) is 0 Å². The smallest absolute Gasteiger partial charge is 0.317 e. The number of nitrogens with one attached hydrogen (secondary N) is 1. The molecule has 0 aromatic rings. The summed E-state index contributed by atoms with van der Waals surface area (Å²) in [6.07, 6.45) is 2.97. The molecule has 5 heteroatoms. The summed E-state index contributed by atoms with van der Waals surface area (Å²) in [5.74, 6) is -0.771. The largest absolute Gasteiger partial charge is 0.481 e. The number of carbonyl (C=O) groups is 2. The molecule has 5 nitrogen and oxygen atoms in total. The quantitative estimate of drug-likeness (QED) is 0.755. The molecule has 1 aliphatic rings. The number of urea groups is 1. The number of amides is 2. The maximum absolute atomic E-state index is 11.8. The third kappa shape index (κ3) is 3.75. The van der Waals surface area contributed by atoms with Crippen molar-refractivity contribution in [2.75, 3.05) is 19.6 Å². The predicted octanol–water partition coefficient (Wildman–Crippen LogP) is 1.85. The van der Waals surface area contributed by atoms with E-state index < -0.39 is 11.4 Å². The lowest BCUT2D eigenvalue weighted by atomic mass is 9.80. The first-order valence-corrected chi connectivity index (χ1v) is 6.25. The highest BCUT2D eigenvalue weighted by atomic mass is 16.4. The van der Waals surface area contributed by atoms with E-state index in [9.17, 15) is 9.59 Å². The number of carboxylic acids is 1. The zero-order valence-electron chi connectivity index (χ0n) is 11.3. The topological polar surface area (TPSA) is 69.6 Å². The molecule has 1 heterocycles. The lowest BCUT2D eigenvalue weighted by Gasteiger charge is -2.36. The summed E-state index contributed by atoms with van der Waals surface area (Å²) in [4.78, 5) is 24.6. The second-order valence-electron chi connectivity index (χ2n) is 5.32. The van der Waals surface area contributed by atoms with Gasteiger partial charge in [-0.25, -0.2) is 4.79 Å². The lowest BCUT2D eigenvalue weighted by Crippen LogP contribution is -2.48. The molecule has 102 valence electrons. The van der Waals surface area contributed by atoms with Gasteiger partial charge in [-0.05, 0) is 33.6 Å². The van der Waals surface area contributed by atoms with Crippen molar-refractivity contribution in [1.29, 1.82) is 0 Å². The average molecular weight is 254 g/mol. The monoisotopic (exact) mass is 254 g/mol. The number of piperidine rings is 1. The highest BCUT2D eigenvalue weighted by Gasteiger charge is 2.37. The molecule has 0 aliphatic carbocycles. The second-order valence-corrected chi connectivity index (χ2v) is 5.32. The van der Waals surface area contributed by atoms with E-state index in [1.54, 1.807) is 11.8 Å². The van der Waals surface area contributed by atoms with Crippen molar-refractivity contribution < 1.29 is 14.7 Å². The molecule has 0 unspecified atom stereocenters. The molecule has 0 radical (unpaired) electrons. The summed E-state index contributed by atoms with van der Waals surface area (Å²) in [6.45, 7) is 7.23. The third-order valence-corrected chi connectivity index (χ3v) is 3.43. The maximum atomic E-state index is 11.8. The predicted molar refractivity (Wildman–Crippen MR) is 69.4 cm³/mol. The molecule has 1 rings (SSSR count). The number of allylic oxidation sites excluding steroid dienone is 1. The van der Waals surface area contributed by atoms with Gasteiger partial charge in [-0.1, -0.05) is 11.6 Å². The fraction of sp³-hybridized carbons (Fsp3) is 0.692. The van der Waals surface area contributed by atoms with Gasteiger partial charge in [0, 0.05) is 19.6 Å². The lowest BCUT2D eigenvalue weighted by molar-refractivity contribution is -0.150. The van der Waals surface area contributed by atoms with E-state index >= 15 is 0 Å². The van der Waals surface area contributed by atoms with Crippen LogP contribution < -0.4 is 5.32 Å². The van der Waals surface area contributed by atoms with Crippen molar-refractivity contribution in [3.05, 3.63) is 11.6 Å². The summed E-state index contributed by atoms with van der Waals surface area (Å²) in [6, 6.07) is -0.111. The van der Waals surface area contributed by atoms with Crippen LogP contribution in [0.25, 0.3) is 0 Å². The highest BCUT2D eigenvalue weighted by Crippen LogP contribution is 2.30. The second kappa shape index (κ2) is 5.89. The van der Waals surface area contributed by atoms with Crippen LogP contribution in [0.1, 0.15) is 33.6 Å². The molecule has 1 aliphatic heterocycles. The molecule has 18 heavy (non-hydrogen) atoms. The van der Waals surface area contributed by atoms with E-state index in [1.807, 2.05) is 19.9 Å². The Hall–Kier alpha value is -1.52. The summed E-state index contributed by atoms with van der Waals surface area (Å²) >= 11 is 0. The fourth-order valence-corrected chi connectivity index (χ4v) is 1.87. The molecule has 1 saturated heterocycles. The molecule has 0 bridgehead atoms. The number of nitrogens with zero attached hydrogens (tertiary/aromatic N) is 1. The molecular formula is C13H22N2O3. The fourth-order valence-electron chi connectivity index (χ4n) is 1.87. The number of likely N-dealkylation sites (tertiary alicyclic amines) is 1. The van der Waals surface area contributed by atoms with Crippen LogP contribution in [0.15, 0.2) is 11.6 Å². The van der Waals surface area contributed by atoms with Crippen LogP contribution in [-0.4, -0.2) is 41.6 Å². The zero-order valence-corrected chi connectivity index (χ0v) is 11.3. The van der Waals surface area contributed by atoms with E-state index in [0.29, 0.717) is 32.5 Å². The summed E-state index contributed by atoms with van der Waals surface area (Å²) < 4.78 is 0. The molecule has 2 amide bonds. The van der Waals surface area contributed by atoms with E-state index in [2.05, 4.69) is 5.32 Å². The van der Waals surface area contributed by atoms with Gasteiger partial charge in [0.25, 0.3) is 0 Å². The minimum absolute atomic E-state index is 0.111. The van der Waals surface area contributed by atoms with E-state index in [0.717, 1.165) is 5.57 Å². The normalized spacial score (nSPS) is 18.1. The number of hydrogen-bond donors (Lipinski definition) is 2. The molecule has 0 aromatic heterocycles. The molecule has 0 saturated carbocycles. The van der Waals surface area contributed by atoms with Crippen LogP contribution in [0.5, 0.6) is 0 Å². The van der Waals surface area contributed by atoms with Gasteiger partial charge in [-0.15, -0.1) is 0 Å². The summed E-state index contributed by atoms with van der Waals surface area (Å²) in [5.41, 5.74) is 0.476. The van der Waals surface area contributed by atoms with Gasteiger partial charge in [0.2, 0.25) is 0 Å². The molecule has 2 N–H and O–H groups in total. The van der Waals surface area contributed by atoms with Crippen LogP contribution in [0.4, 0.5) is 4.79 Å². The highest BCUT2D eigenvalue weighted by molar-refractivity contribution is 5.77. The van der Waals surface area contributed by atoms with Crippen molar-refractivity contribution in [2.45, 2.75) is 33.6 Å². The number of aliphatic carboxylic acids is 1. The van der Waals surface area contributed by atoms with Crippen molar-refractivity contribution >= 4 is 12.0 Å². The minimum atomic E-state index is -0.771. The van der Waals surface area contributed by atoms with E-state index in [-0.39, 0.29) is 6.03 Å². The van der Waals surface area contributed by atoms with Crippen molar-refractivity contribution in [3.8, 4) is 0 Å². The van der Waals surface area contributed by atoms with E-state index in [1.165, 1.54) is 0 Å². The zero-order chi connectivity index (χ0) is 13.8. The number of carboxylic acid groups (broad SMARTS) is 1. The first-order valence-electron chi connectivity index (χ1n) is 6.25. The van der Waals surface area contributed by atoms with Gasteiger partial charge in [-0.3, -0.25) is 4.79 Å². The van der Waals surface area contributed by atoms with E-state index in [4.69, 9.17) is 5.11 Å². The first-order chi connectivity index (χ1) is 8.35. The van der Waals surface area contributed by atoms with Crippen LogP contribution in [0, 0.1) is 5.41 Å². The number of carbonyl (C=O) groups excluding carboxylic acids is 1. The first kappa shape index (κ1) is 14.5. The minimum Gasteiger partial charge on any atom is -0.481 e. The van der Waals surface area contributed by atoms with Gasteiger partial charge in [0.1, 0.15) is 0 Å². The Bertz CT molecular complexity index is 351. The van der Waals surface area contributed by atoms with Crippen molar-refractivity contribution in [3.63, 3.8) is 0 Å². The van der Waals surface area contributed by atoms with Gasteiger partial charge in [0.05, 0.1) is 5.41 Å². The Balaban J connectivity index is 2.41. The molecule has 0 atom stereocenters.